The lowest BCUT2D eigenvalue weighted by molar-refractivity contribution is -0.136. The Bertz CT molecular complexity index is 1330. The van der Waals surface area contributed by atoms with E-state index in [0.717, 1.165) is 34.9 Å². The lowest BCUT2D eigenvalue weighted by Crippen LogP contribution is -2.58. The summed E-state index contributed by atoms with van der Waals surface area (Å²) in [4.78, 5) is 12.9. The second-order valence-corrected chi connectivity index (χ2v) is 7.93. The zero-order chi connectivity index (χ0) is 21.8. The van der Waals surface area contributed by atoms with E-state index in [-0.39, 0.29) is 10.9 Å². The van der Waals surface area contributed by atoms with Gasteiger partial charge in [-0.25, -0.2) is 4.79 Å². The van der Waals surface area contributed by atoms with Crippen LogP contribution in [0.5, 0.6) is 0 Å². The molecule has 1 aliphatic heterocycles. The number of pyridine rings is 1. The van der Waals surface area contributed by atoms with Crippen LogP contribution in [0.4, 0.5) is 13.2 Å². The number of benzene rings is 1. The number of hydrogen-bond acceptors (Lipinski definition) is 4. The Kier molecular flexibility index (Phi) is 4.30. The molecule has 0 amide bonds. The quantitative estimate of drug-likeness (QED) is 0.542. The molecule has 0 unspecified atom stereocenters. The van der Waals surface area contributed by atoms with Gasteiger partial charge in [-0.1, -0.05) is 12.1 Å². The van der Waals surface area contributed by atoms with Crippen LogP contribution in [0.1, 0.15) is 17.0 Å². The summed E-state index contributed by atoms with van der Waals surface area (Å²) in [5, 5.41) is 11.4. The highest BCUT2D eigenvalue weighted by Gasteiger charge is 2.40. The first-order valence-corrected chi connectivity index (χ1v) is 9.73. The van der Waals surface area contributed by atoms with Crippen LogP contribution < -0.4 is 11.0 Å². The number of rotatable bonds is 4. The molecule has 0 saturated carbocycles. The number of nitrogens with zero attached hydrogens (tertiary/aromatic N) is 5. The van der Waals surface area contributed by atoms with E-state index in [1.165, 1.54) is 23.0 Å². The normalized spacial score (nSPS) is 15.9. The Morgan fingerprint density at radius 1 is 1.19 bits per heavy atom. The van der Waals surface area contributed by atoms with Crippen LogP contribution in [0.3, 0.4) is 0 Å². The van der Waals surface area contributed by atoms with Crippen molar-refractivity contribution in [1.29, 1.82) is 0 Å². The van der Waals surface area contributed by atoms with Crippen LogP contribution in [-0.4, -0.2) is 36.8 Å². The molecule has 1 fully saturated rings. The van der Waals surface area contributed by atoms with Gasteiger partial charge in [0.1, 0.15) is 12.2 Å². The minimum absolute atomic E-state index is 0.176. The second-order valence-electron chi connectivity index (χ2n) is 7.93. The predicted molar refractivity (Wildman–Crippen MR) is 107 cm³/mol. The fraction of sp³-hybridized carbons (Fsp3) is 0.286. The number of hydrogen-bond donors (Lipinski definition) is 1. The maximum atomic E-state index is 13.4. The van der Waals surface area contributed by atoms with Gasteiger partial charge in [-0.2, -0.15) is 13.2 Å². The molecule has 0 spiro atoms. The van der Waals surface area contributed by atoms with E-state index in [1.807, 2.05) is 29.8 Å². The maximum absolute atomic E-state index is 13.4. The predicted octanol–water partition coefficient (Wildman–Crippen LogP) is 2.32. The first-order chi connectivity index (χ1) is 14.8. The zero-order valence-electron chi connectivity index (χ0n) is 16.6. The first-order valence-electron chi connectivity index (χ1n) is 9.73. The minimum atomic E-state index is -4.55. The standard InChI is InChI=1S/C21H19F3N6O/c1-28-13-26-27-18(28)9-20(11-25-12-20)14-4-2-5-15(8-14)30-10-17-16(21(22,23)24)6-3-7-29(17)19(30)31/h2-8,10,13,25H,9,11-12H2,1H3. The Labute approximate surface area is 174 Å². The molecule has 31 heavy (non-hydrogen) atoms. The number of aryl methyl sites for hydroxylation is 1. The van der Waals surface area contributed by atoms with E-state index in [4.69, 9.17) is 0 Å². The summed E-state index contributed by atoms with van der Waals surface area (Å²) in [7, 11) is 1.89. The molecule has 0 bridgehead atoms. The van der Waals surface area contributed by atoms with Crippen molar-refractivity contribution in [2.24, 2.45) is 7.05 Å². The third kappa shape index (κ3) is 3.14. The lowest BCUT2D eigenvalue weighted by atomic mass is 9.72. The minimum Gasteiger partial charge on any atom is -0.321 e. The van der Waals surface area contributed by atoms with E-state index in [1.54, 1.807) is 12.4 Å². The van der Waals surface area contributed by atoms with Gasteiger partial charge in [0.25, 0.3) is 0 Å². The Hall–Kier alpha value is -3.40. The Balaban J connectivity index is 1.60. The third-order valence-electron chi connectivity index (χ3n) is 5.97. The van der Waals surface area contributed by atoms with Gasteiger partial charge >= 0.3 is 11.9 Å². The van der Waals surface area contributed by atoms with Gasteiger partial charge in [-0.15, -0.1) is 10.2 Å². The highest BCUT2D eigenvalue weighted by atomic mass is 19.4. The van der Waals surface area contributed by atoms with E-state index >= 15 is 0 Å². The summed E-state index contributed by atoms with van der Waals surface area (Å²) < 4.78 is 44.4. The second kappa shape index (κ2) is 6.81. The van der Waals surface area contributed by atoms with Gasteiger partial charge in [0, 0.05) is 44.4 Å². The van der Waals surface area contributed by atoms with E-state index < -0.39 is 17.4 Å². The molecule has 0 aliphatic carbocycles. The molecular weight excluding hydrogens is 409 g/mol. The van der Waals surface area contributed by atoms with Crippen molar-refractivity contribution in [2.75, 3.05) is 13.1 Å². The summed E-state index contributed by atoms with van der Waals surface area (Å²) in [6.45, 7) is 1.46. The van der Waals surface area contributed by atoms with Crippen LogP contribution in [0, 0.1) is 0 Å². The van der Waals surface area contributed by atoms with Gasteiger partial charge in [-0.05, 0) is 29.8 Å². The number of imidazole rings is 1. The fourth-order valence-corrected chi connectivity index (χ4v) is 4.15. The molecule has 1 aliphatic rings. The van der Waals surface area contributed by atoms with Crippen molar-refractivity contribution in [3.8, 4) is 5.69 Å². The molecule has 1 N–H and O–H groups in total. The average Bonchev–Trinajstić information content (AvgIpc) is 3.27. The monoisotopic (exact) mass is 428 g/mol. The number of aromatic nitrogens is 5. The molecular formula is C21H19F3N6O. The van der Waals surface area contributed by atoms with Crippen LogP contribution in [0.25, 0.3) is 11.2 Å². The molecule has 0 atom stereocenters. The van der Waals surface area contributed by atoms with Crippen molar-refractivity contribution in [1.82, 2.24) is 29.0 Å². The largest absolute Gasteiger partial charge is 0.418 e. The number of nitrogens with one attached hydrogen (secondary N) is 1. The molecule has 1 saturated heterocycles. The topological polar surface area (TPSA) is 69.1 Å². The molecule has 1 aromatic carbocycles. The van der Waals surface area contributed by atoms with Crippen molar-refractivity contribution < 1.29 is 13.2 Å². The maximum Gasteiger partial charge on any atom is 0.418 e. The molecule has 5 rings (SSSR count). The highest BCUT2D eigenvalue weighted by Crippen LogP contribution is 2.34. The third-order valence-corrected chi connectivity index (χ3v) is 5.97. The molecule has 160 valence electrons. The average molecular weight is 428 g/mol. The van der Waals surface area contributed by atoms with Gasteiger partial charge in [0.15, 0.2) is 0 Å². The van der Waals surface area contributed by atoms with Crippen molar-refractivity contribution in [3.05, 3.63) is 82.6 Å². The molecule has 7 nitrogen and oxygen atoms in total. The number of alkyl halides is 3. The smallest absolute Gasteiger partial charge is 0.321 e. The summed E-state index contributed by atoms with van der Waals surface area (Å²) in [5.41, 5.74) is -0.286. The summed E-state index contributed by atoms with van der Waals surface area (Å²) >= 11 is 0. The van der Waals surface area contributed by atoms with Crippen LogP contribution in [-0.2, 0) is 25.1 Å². The van der Waals surface area contributed by atoms with Crippen molar-refractivity contribution in [2.45, 2.75) is 18.0 Å². The van der Waals surface area contributed by atoms with Gasteiger partial charge < -0.3 is 9.88 Å². The summed E-state index contributed by atoms with van der Waals surface area (Å²) in [5.74, 6) is 0.841. The molecule has 4 aromatic rings. The molecule has 10 heteroatoms. The molecule has 3 aromatic heterocycles. The van der Waals surface area contributed by atoms with Gasteiger partial charge in [0.2, 0.25) is 0 Å². The molecule has 4 heterocycles. The van der Waals surface area contributed by atoms with Crippen LogP contribution in [0.2, 0.25) is 0 Å². The van der Waals surface area contributed by atoms with E-state index in [2.05, 4.69) is 15.5 Å². The van der Waals surface area contributed by atoms with E-state index in [0.29, 0.717) is 12.1 Å². The summed E-state index contributed by atoms with van der Waals surface area (Å²) in [6.07, 6.45) is 0.350. The Morgan fingerprint density at radius 3 is 2.65 bits per heavy atom. The van der Waals surface area contributed by atoms with Gasteiger partial charge in [0.05, 0.1) is 16.8 Å². The number of fused-ring (bicyclic) bond motifs is 1. The lowest BCUT2D eigenvalue weighted by Gasteiger charge is -2.43. The Morgan fingerprint density at radius 2 is 2.00 bits per heavy atom. The van der Waals surface area contributed by atoms with Gasteiger partial charge in [-0.3, -0.25) is 8.97 Å². The van der Waals surface area contributed by atoms with Crippen LogP contribution in [0.15, 0.2) is 59.9 Å². The first kappa shape index (κ1) is 19.6. The highest BCUT2D eigenvalue weighted by molar-refractivity contribution is 5.57. The van der Waals surface area contributed by atoms with E-state index in [9.17, 15) is 18.0 Å². The fourth-order valence-electron chi connectivity index (χ4n) is 4.15. The van der Waals surface area contributed by atoms with Crippen molar-refractivity contribution >= 4 is 5.52 Å². The SMILES string of the molecule is Cn1cnnc1CC1(c2cccc(-n3cc4c(C(F)(F)F)cccn4c3=O)c2)CNC1. The number of halogens is 3. The summed E-state index contributed by atoms with van der Waals surface area (Å²) in [6, 6.07) is 9.59. The zero-order valence-corrected chi connectivity index (χ0v) is 16.6. The van der Waals surface area contributed by atoms with Crippen LogP contribution >= 0.6 is 0 Å². The molecule has 0 radical (unpaired) electrons. The van der Waals surface area contributed by atoms with Crippen molar-refractivity contribution in [3.63, 3.8) is 0 Å².